The summed E-state index contributed by atoms with van der Waals surface area (Å²) < 4.78 is 19.3. The number of rotatable bonds is 4. The van der Waals surface area contributed by atoms with Crippen LogP contribution in [0.2, 0.25) is 0 Å². The number of likely N-dealkylation sites (tertiary alicyclic amines) is 1. The average molecular weight is 400 g/mol. The first-order valence-corrected chi connectivity index (χ1v) is 8.90. The zero-order valence-corrected chi connectivity index (χ0v) is 15.6. The molecule has 0 saturated carbocycles. The van der Waals surface area contributed by atoms with E-state index in [1.165, 1.54) is 12.1 Å². The minimum atomic E-state index is -0.264. The van der Waals surface area contributed by atoms with Crippen molar-refractivity contribution in [3.8, 4) is 0 Å². The average Bonchev–Trinajstić information content (AvgIpc) is 2.59. The van der Waals surface area contributed by atoms with Gasteiger partial charge in [-0.1, -0.05) is 15.9 Å². The zero-order valence-electron chi connectivity index (χ0n) is 14.0. The monoisotopic (exact) mass is 399 g/mol. The number of esters is 1. The van der Waals surface area contributed by atoms with Gasteiger partial charge < -0.3 is 15.0 Å². The molecule has 0 unspecified atom stereocenters. The van der Waals surface area contributed by atoms with Gasteiger partial charge in [0.1, 0.15) is 5.82 Å². The molecular weight excluding hydrogens is 377 g/mol. The topological polar surface area (TPSA) is 53.9 Å². The molecule has 0 atom stereocenters. The number of nitrogens with one attached hydrogen (secondary N) is 1. The van der Waals surface area contributed by atoms with Crippen LogP contribution in [-0.2, 0) is 16.1 Å². The van der Waals surface area contributed by atoms with E-state index in [1.807, 2.05) is 6.92 Å². The maximum atomic E-state index is 13.4. The normalized spacial score (nSPS) is 16.2. The summed E-state index contributed by atoms with van der Waals surface area (Å²) in [5.74, 6) is 0.356. The zero-order chi connectivity index (χ0) is 17.5. The van der Waals surface area contributed by atoms with E-state index in [0.29, 0.717) is 13.2 Å². The van der Waals surface area contributed by atoms with Crippen molar-refractivity contribution in [3.05, 3.63) is 34.1 Å². The van der Waals surface area contributed by atoms with E-state index in [0.717, 1.165) is 41.9 Å². The Hall–Kier alpha value is -1.63. The Morgan fingerprint density at radius 1 is 1.46 bits per heavy atom. The van der Waals surface area contributed by atoms with Gasteiger partial charge in [-0.2, -0.15) is 0 Å². The second-order valence-electron chi connectivity index (χ2n) is 5.65. The molecule has 1 fully saturated rings. The highest BCUT2D eigenvalue weighted by molar-refractivity contribution is 9.10. The molecule has 0 amide bonds. The molecule has 0 spiro atoms. The summed E-state index contributed by atoms with van der Waals surface area (Å²) in [6.07, 6.45) is 1.51. The molecule has 0 radical (unpaired) electrons. The molecular formula is C17H23BrFN3O2. The van der Waals surface area contributed by atoms with Gasteiger partial charge in [-0.15, -0.1) is 0 Å². The van der Waals surface area contributed by atoms with Crippen LogP contribution in [0, 0.1) is 11.7 Å². The van der Waals surface area contributed by atoms with Crippen molar-refractivity contribution >= 4 is 27.9 Å². The number of piperidine rings is 1. The van der Waals surface area contributed by atoms with Gasteiger partial charge in [0.2, 0.25) is 0 Å². The van der Waals surface area contributed by atoms with Gasteiger partial charge in [-0.05, 0) is 43.5 Å². The maximum Gasteiger partial charge on any atom is 0.309 e. The second kappa shape index (κ2) is 9.01. The first kappa shape index (κ1) is 18.7. The SMILES string of the molecule is CCOC(=O)C1CCN(C(=NC)NCc2cc(F)ccc2Br)CC1. The number of carbonyl (C=O) groups excluding carboxylic acids is 1. The van der Waals surface area contributed by atoms with Gasteiger partial charge in [-0.3, -0.25) is 9.79 Å². The molecule has 7 heteroatoms. The molecule has 1 N–H and O–H groups in total. The van der Waals surface area contributed by atoms with Crippen LogP contribution in [-0.4, -0.2) is 43.6 Å². The highest BCUT2D eigenvalue weighted by Crippen LogP contribution is 2.20. The molecule has 132 valence electrons. The number of aliphatic imine (C=N–C) groups is 1. The maximum absolute atomic E-state index is 13.4. The van der Waals surface area contributed by atoms with Crippen molar-refractivity contribution in [2.75, 3.05) is 26.7 Å². The van der Waals surface area contributed by atoms with Gasteiger partial charge in [0.25, 0.3) is 0 Å². The second-order valence-corrected chi connectivity index (χ2v) is 6.50. The summed E-state index contributed by atoms with van der Waals surface area (Å²) in [7, 11) is 1.72. The number of benzene rings is 1. The Bertz CT molecular complexity index is 601. The number of guanidine groups is 1. The van der Waals surface area contributed by atoms with Crippen molar-refractivity contribution in [1.82, 2.24) is 10.2 Å². The van der Waals surface area contributed by atoms with Crippen molar-refractivity contribution in [2.45, 2.75) is 26.3 Å². The van der Waals surface area contributed by atoms with Gasteiger partial charge in [0.15, 0.2) is 5.96 Å². The van der Waals surface area contributed by atoms with E-state index in [9.17, 15) is 9.18 Å². The van der Waals surface area contributed by atoms with E-state index >= 15 is 0 Å². The smallest absolute Gasteiger partial charge is 0.309 e. The molecule has 0 aromatic heterocycles. The van der Waals surface area contributed by atoms with Crippen LogP contribution < -0.4 is 5.32 Å². The lowest BCUT2D eigenvalue weighted by Crippen LogP contribution is -2.46. The Morgan fingerprint density at radius 3 is 2.79 bits per heavy atom. The van der Waals surface area contributed by atoms with Crippen molar-refractivity contribution in [2.24, 2.45) is 10.9 Å². The number of hydrogen-bond donors (Lipinski definition) is 1. The lowest BCUT2D eigenvalue weighted by Gasteiger charge is -2.33. The van der Waals surface area contributed by atoms with Crippen LogP contribution in [0.15, 0.2) is 27.7 Å². The third-order valence-electron chi connectivity index (χ3n) is 4.07. The summed E-state index contributed by atoms with van der Waals surface area (Å²) in [4.78, 5) is 18.2. The van der Waals surface area contributed by atoms with Crippen molar-refractivity contribution < 1.29 is 13.9 Å². The van der Waals surface area contributed by atoms with Gasteiger partial charge in [0.05, 0.1) is 12.5 Å². The van der Waals surface area contributed by atoms with Crippen LogP contribution >= 0.6 is 15.9 Å². The molecule has 0 bridgehead atoms. The first-order valence-electron chi connectivity index (χ1n) is 8.11. The third kappa shape index (κ3) is 4.93. The summed E-state index contributed by atoms with van der Waals surface area (Å²) in [5.41, 5.74) is 0.831. The fourth-order valence-corrected chi connectivity index (χ4v) is 3.16. The van der Waals surface area contributed by atoms with Crippen LogP contribution in [0.3, 0.4) is 0 Å². The number of ether oxygens (including phenoxy) is 1. The molecule has 1 saturated heterocycles. The summed E-state index contributed by atoms with van der Waals surface area (Å²) >= 11 is 3.43. The Balaban J connectivity index is 1.89. The summed E-state index contributed by atoms with van der Waals surface area (Å²) in [6, 6.07) is 4.61. The lowest BCUT2D eigenvalue weighted by molar-refractivity contribution is -0.149. The minimum absolute atomic E-state index is 0.0309. The van der Waals surface area contributed by atoms with Crippen molar-refractivity contribution in [3.63, 3.8) is 0 Å². The summed E-state index contributed by atoms with van der Waals surface area (Å²) in [6.45, 7) is 4.21. The van der Waals surface area contributed by atoms with E-state index in [1.54, 1.807) is 13.1 Å². The molecule has 2 rings (SSSR count). The van der Waals surface area contributed by atoms with Crippen molar-refractivity contribution in [1.29, 1.82) is 0 Å². The lowest BCUT2D eigenvalue weighted by atomic mass is 9.97. The molecule has 1 aromatic rings. The van der Waals surface area contributed by atoms with Crippen LogP contribution in [0.4, 0.5) is 4.39 Å². The Morgan fingerprint density at radius 2 is 2.17 bits per heavy atom. The van der Waals surface area contributed by atoms with Gasteiger partial charge >= 0.3 is 5.97 Å². The highest BCUT2D eigenvalue weighted by Gasteiger charge is 2.27. The molecule has 5 nitrogen and oxygen atoms in total. The van der Waals surface area contributed by atoms with Crippen LogP contribution in [0.1, 0.15) is 25.3 Å². The van der Waals surface area contributed by atoms with E-state index < -0.39 is 0 Å². The van der Waals surface area contributed by atoms with Gasteiger partial charge in [-0.25, -0.2) is 4.39 Å². The quantitative estimate of drug-likeness (QED) is 0.480. The fourth-order valence-electron chi connectivity index (χ4n) is 2.77. The minimum Gasteiger partial charge on any atom is -0.466 e. The predicted octanol–water partition coefficient (Wildman–Crippen LogP) is 2.94. The summed E-state index contributed by atoms with van der Waals surface area (Å²) in [5, 5.41) is 3.26. The number of nitrogens with zero attached hydrogens (tertiary/aromatic N) is 2. The van der Waals surface area contributed by atoms with E-state index in [2.05, 4.69) is 31.1 Å². The Labute approximate surface area is 150 Å². The van der Waals surface area contributed by atoms with E-state index in [4.69, 9.17) is 4.74 Å². The fraction of sp³-hybridized carbons (Fsp3) is 0.529. The number of carbonyl (C=O) groups is 1. The molecule has 1 aliphatic rings. The standard InChI is InChI=1S/C17H23BrFN3O2/c1-3-24-16(23)12-6-8-22(9-7-12)17(20-2)21-11-13-10-14(19)4-5-15(13)18/h4-5,10,12H,3,6-9,11H2,1-2H3,(H,20,21). The highest BCUT2D eigenvalue weighted by atomic mass is 79.9. The van der Waals surface area contributed by atoms with Crippen LogP contribution in [0.5, 0.6) is 0 Å². The number of hydrogen-bond acceptors (Lipinski definition) is 3. The Kier molecular flexibility index (Phi) is 7.02. The first-order chi connectivity index (χ1) is 11.5. The molecule has 24 heavy (non-hydrogen) atoms. The molecule has 1 aliphatic heterocycles. The predicted molar refractivity (Wildman–Crippen MR) is 95.2 cm³/mol. The van der Waals surface area contributed by atoms with E-state index in [-0.39, 0.29) is 17.7 Å². The van der Waals surface area contributed by atoms with Crippen LogP contribution in [0.25, 0.3) is 0 Å². The largest absolute Gasteiger partial charge is 0.466 e. The number of halogens is 2. The van der Waals surface area contributed by atoms with Gasteiger partial charge in [0, 0.05) is 31.2 Å². The molecule has 0 aliphatic carbocycles. The third-order valence-corrected chi connectivity index (χ3v) is 4.84. The molecule has 1 aromatic carbocycles. The molecule has 1 heterocycles.